The smallest absolute Gasteiger partial charge is 0.416 e. The van der Waals surface area contributed by atoms with Gasteiger partial charge in [-0.1, -0.05) is 0 Å². The Balaban J connectivity index is 1.87. The van der Waals surface area contributed by atoms with E-state index in [1.165, 1.54) is 32.4 Å². The van der Waals surface area contributed by atoms with Gasteiger partial charge in [-0.2, -0.15) is 17.9 Å². The van der Waals surface area contributed by atoms with Crippen molar-refractivity contribution in [2.24, 2.45) is 0 Å². The summed E-state index contributed by atoms with van der Waals surface area (Å²) in [6.45, 7) is 0. The predicted octanol–water partition coefficient (Wildman–Crippen LogP) is 2.39. The summed E-state index contributed by atoms with van der Waals surface area (Å²) in [5, 5.41) is 4.94. The minimum atomic E-state index is -4.66. The molecule has 3 N–H and O–H groups in total. The molecule has 0 aliphatic carbocycles. The van der Waals surface area contributed by atoms with Crippen LogP contribution in [-0.4, -0.2) is 34.7 Å². The highest BCUT2D eigenvalue weighted by molar-refractivity contribution is 7.89. The average Bonchev–Trinajstić information content (AvgIpc) is 2.66. The fourth-order valence-electron chi connectivity index (χ4n) is 2.70. The van der Waals surface area contributed by atoms with Crippen LogP contribution < -0.4 is 24.8 Å². The Morgan fingerprint density at radius 2 is 1.76 bits per heavy atom. The van der Waals surface area contributed by atoms with Gasteiger partial charge in [0.2, 0.25) is 10.0 Å². The number of methoxy groups -OCH3 is 2. The van der Waals surface area contributed by atoms with E-state index in [2.05, 4.69) is 15.4 Å². The molecule has 0 saturated heterocycles. The van der Waals surface area contributed by atoms with Gasteiger partial charge in [0.1, 0.15) is 4.90 Å². The van der Waals surface area contributed by atoms with Gasteiger partial charge in [-0.05, 0) is 30.3 Å². The van der Waals surface area contributed by atoms with Crippen LogP contribution in [0.1, 0.15) is 5.56 Å². The van der Waals surface area contributed by atoms with Crippen molar-refractivity contribution >= 4 is 27.3 Å². The SMILES string of the molecule is COc1ccc(NC(=O)[C@@H]2Nc3cc(C(F)(F)F)ccc3S(=O)(=O)N2)cc1OC. The molecule has 2 aromatic carbocycles. The zero-order chi connectivity index (χ0) is 21.4. The molecule has 1 heterocycles. The third-order valence-corrected chi connectivity index (χ3v) is 5.56. The number of carbonyl (C=O) groups is 1. The van der Waals surface area contributed by atoms with Gasteiger partial charge < -0.3 is 20.1 Å². The number of hydrogen-bond acceptors (Lipinski definition) is 6. The second-order valence-corrected chi connectivity index (χ2v) is 7.65. The second kappa shape index (κ2) is 7.44. The normalized spacial score (nSPS) is 17.6. The van der Waals surface area contributed by atoms with Gasteiger partial charge in [0.15, 0.2) is 17.7 Å². The molecule has 1 aliphatic rings. The van der Waals surface area contributed by atoms with Gasteiger partial charge in [-0.3, -0.25) is 4.79 Å². The number of alkyl halides is 3. The molecule has 8 nitrogen and oxygen atoms in total. The third-order valence-electron chi connectivity index (χ3n) is 4.08. The number of benzene rings is 2. The van der Waals surface area contributed by atoms with Crippen LogP contribution in [0, 0.1) is 0 Å². The second-order valence-electron chi connectivity index (χ2n) is 5.97. The molecule has 3 rings (SSSR count). The van der Waals surface area contributed by atoms with E-state index in [4.69, 9.17) is 9.47 Å². The summed E-state index contributed by atoms with van der Waals surface area (Å²) in [6, 6.07) is 6.60. The van der Waals surface area contributed by atoms with Gasteiger partial charge >= 0.3 is 6.18 Å². The van der Waals surface area contributed by atoms with E-state index >= 15 is 0 Å². The molecular weight excluding hydrogens is 415 g/mol. The minimum absolute atomic E-state index is 0.267. The van der Waals surface area contributed by atoms with Crippen molar-refractivity contribution in [3.05, 3.63) is 42.0 Å². The maximum Gasteiger partial charge on any atom is 0.416 e. The number of fused-ring (bicyclic) bond motifs is 1. The third kappa shape index (κ3) is 4.22. The molecule has 0 bridgehead atoms. The molecule has 0 aromatic heterocycles. The lowest BCUT2D eigenvalue weighted by Crippen LogP contribution is -2.51. The Hall–Kier alpha value is -2.99. The number of rotatable bonds is 4. The van der Waals surface area contributed by atoms with Crippen LogP contribution in [0.15, 0.2) is 41.3 Å². The minimum Gasteiger partial charge on any atom is -0.493 e. The van der Waals surface area contributed by atoms with Gasteiger partial charge in [-0.25, -0.2) is 8.42 Å². The highest BCUT2D eigenvalue weighted by Crippen LogP contribution is 2.35. The van der Waals surface area contributed by atoms with Crippen molar-refractivity contribution in [1.29, 1.82) is 0 Å². The first kappa shape index (κ1) is 20.7. The van der Waals surface area contributed by atoms with E-state index in [1.54, 1.807) is 0 Å². The number of hydrogen-bond donors (Lipinski definition) is 3. The Morgan fingerprint density at radius 3 is 2.38 bits per heavy atom. The highest BCUT2D eigenvalue weighted by Gasteiger charge is 2.37. The first-order valence-corrected chi connectivity index (χ1v) is 9.56. The number of sulfonamides is 1. The summed E-state index contributed by atoms with van der Waals surface area (Å²) in [5.41, 5.74) is -1.10. The molecule has 0 saturated carbocycles. The van der Waals surface area contributed by atoms with Crippen molar-refractivity contribution in [3.8, 4) is 11.5 Å². The van der Waals surface area contributed by atoms with E-state index in [1.807, 2.05) is 0 Å². The largest absolute Gasteiger partial charge is 0.493 e. The van der Waals surface area contributed by atoms with E-state index in [-0.39, 0.29) is 16.3 Å². The van der Waals surface area contributed by atoms with E-state index in [9.17, 15) is 26.4 Å². The molecule has 29 heavy (non-hydrogen) atoms. The summed E-state index contributed by atoms with van der Waals surface area (Å²) in [6.07, 6.45) is -6.19. The zero-order valence-electron chi connectivity index (χ0n) is 15.1. The first-order chi connectivity index (χ1) is 13.5. The van der Waals surface area contributed by atoms with Crippen LogP contribution >= 0.6 is 0 Å². The van der Waals surface area contributed by atoms with Gasteiger partial charge in [0.05, 0.1) is 25.5 Å². The number of carbonyl (C=O) groups excluding carboxylic acids is 1. The average molecular weight is 431 g/mol. The summed E-state index contributed by atoms with van der Waals surface area (Å²) in [7, 11) is -1.37. The molecule has 0 radical (unpaired) electrons. The van der Waals surface area contributed by atoms with Gasteiger partial charge in [0, 0.05) is 11.8 Å². The standard InChI is InChI=1S/C17H16F3N3O5S/c1-27-12-5-4-10(8-13(12)28-2)21-16(24)15-22-11-7-9(17(18,19)20)3-6-14(11)29(25,26)23-15/h3-8,15,22-23H,1-2H3,(H,21,24)/t15-/m1/s1. The van der Waals surface area contributed by atoms with Crippen LogP contribution in [0.4, 0.5) is 24.5 Å². The molecular formula is C17H16F3N3O5S. The molecule has 156 valence electrons. The van der Waals surface area contributed by atoms with Gasteiger partial charge in [0.25, 0.3) is 5.91 Å². The molecule has 2 aromatic rings. The summed E-state index contributed by atoms with van der Waals surface area (Å²) in [4.78, 5) is 12.1. The Kier molecular flexibility index (Phi) is 5.32. The quantitative estimate of drug-likeness (QED) is 0.687. The molecule has 0 spiro atoms. The van der Waals surface area contributed by atoms with Crippen molar-refractivity contribution < 1.29 is 35.9 Å². The van der Waals surface area contributed by atoms with E-state index in [0.717, 1.165) is 6.07 Å². The van der Waals surface area contributed by atoms with Crippen LogP contribution in [0.2, 0.25) is 0 Å². The Morgan fingerprint density at radius 1 is 1.07 bits per heavy atom. The van der Waals surface area contributed by atoms with Crippen molar-refractivity contribution in [1.82, 2.24) is 4.72 Å². The van der Waals surface area contributed by atoms with Crippen LogP contribution in [0.5, 0.6) is 11.5 Å². The van der Waals surface area contributed by atoms with Crippen LogP contribution in [0.3, 0.4) is 0 Å². The lowest BCUT2D eigenvalue weighted by Gasteiger charge is -2.27. The van der Waals surface area contributed by atoms with Crippen molar-refractivity contribution in [2.75, 3.05) is 24.9 Å². The number of nitrogens with one attached hydrogen (secondary N) is 3. The number of anilines is 2. The predicted molar refractivity (Wildman–Crippen MR) is 97.4 cm³/mol. The highest BCUT2D eigenvalue weighted by atomic mass is 32.2. The molecule has 1 atom stereocenters. The molecule has 0 fully saturated rings. The molecule has 1 aliphatic heterocycles. The van der Waals surface area contributed by atoms with Gasteiger partial charge in [-0.15, -0.1) is 0 Å². The van der Waals surface area contributed by atoms with E-state index < -0.39 is 33.8 Å². The van der Waals surface area contributed by atoms with Crippen LogP contribution in [-0.2, 0) is 21.0 Å². The Labute approximate surface area is 164 Å². The number of ether oxygens (including phenoxy) is 2. The lowest BCUT2D eigenvalue weighted by molar-refractivity contribution is -0.137. The van der Waals surface area contributed by atoms with Crippen LogP contribution in [0.25, 0.3) is 0 Å². The summed E-state index contributed by atoms with van der Waals surface area (Å²) in [5.74, 6) is -0.0953. The Bertz CT molecular complexity index is 1060. The fourth-order valence-corrected chi connectivity index (χ4v) is 3.96. The maximum atomic E-state index is 12.9. The number of halogens is 3. The molecule has 12 heteroatoms. The topological polar surface area (TPSA) is 106 Å². The van der Waals surface area contributed by atoms with Crippen molar-refractivity contribution in [3.63, 3.8) is 0 Å². The summed E-state index contributed by atoms with van der Waals surface area (Å²) >= 11 is 0. The zero-order valence-corrected chi connectivity index (χ0v) is 15.9. The first-order valence-electron chi connectivity index (χ1n) is 8.08. The van der Waals surface area contributed by atoms with E-state index in [0.29, 0.717) is 23.6 Å². The maximum absolute atomic E-state index is 12.9. The summed E-state index contributed by atoms with van der Waals surface area (Å²) < 4.78 is 75.8. The molecule has 0 unspecified atom stereocenters. The number of amides is 1. The fraction of sp³-hybridized carbons (Fsp3) is 0.235. The lowest BCUT2D eigenvalue weighted by atomic mass is 10.2. The monoisotopic (exact) mass is 431 g/mol. The van der Waals surface area contributed by atoms with Crippen molar-refractivity contribution in [2.45, 2.75) is 17.2 Å². The molecule has 1 amide bonds.